The summed E-state index contributed by atoms with van der Waals surface area (Å²) in [6.45, 7) is 8.15. The molecule has 0 spiro atoms. The fourth-order valence-corrected chi connectivity index (χ4v) is 1.44. The van der Waals surface area contributed by atoms with E-state index in [4.69, 9.17) is 5.73 Å². The Kier molecular flexibility index (Phi) is 2.61. The Hall–Kier alpha value is -1.91. The van der Waals surface area contributed by atoms with Crippen LogP contribution in [0.2, 0.25) is 0 Å². The van der Waals surface area contributed by atoms with Crippen molar-refractivity contribution in [2.75, 3.05) is 5.73 Å². The third-order valence-corrected chi connectivity index (χ3v) is 2.35. The zero-order valence-corrected chi connectivity index (χ0v) is 10.6. The van der Waals surface area contributed by atoms with Crippen LogP contribution in [0.5, 0.6) is 0 Å². The molecule has 2 rings (SSSR count). The lowest BCUT2D eigenvalue weighted by Crippen LogP contribution is -2.18. The molecule has 0 saturated heterocycles. The van der Waals surface area contributed by atoms with Gasteiger partial charge >= 0.3 is 0 Å². The quantitative estimate of drug-likeness (QED) is 0.813. The van der Waals surface area contributed by atoms with Gasteiger partial charge in [-0.3, -0.25) is 0 Å². The predicted octanol–water partition coefficient (Wildman–Crippen LogP) is 1.85. The minimum Gasteiger partial charge on any atom is -0.384 e. The molecule has 0 atom stereocenters. The van der Waals surface area contributed by atoms with Crippen molar-refractivity contribution in [3.63, 3.8) is 0 Å². The van der Waals surface area contributed by atoms with E-state index >= 15 is 0 Å². The van der Waals surface area contributed by atoms with Gasteiger partial charge in [0.25, 0.3) is 0 Å². The molecular weight excluding hydrogens is 214 g/mol. The van der Waals surface area contributed by atoms with Crippen LogP contribution in [0.15, 0.2) is 18.5 Å². The maximum atomic E-state index is 5.81. The molecule has 0 bridgehead atoms. The smallest absolute Gasteiger partial charge is 0.159 e. The number of rotatable bonds is 1. The van der Waals surface area contributed by atoms with Crippen LogP contribution in [0.1, 0.15) is 32.2 Å². The summed E-state index contributed by atoms with van der Waals surface area (Å²) in [5.41, 5.74) is 6.76. The van der Waals surface area contributed by atoms with Crippen LogP contribution in [0.25, 0.3) is 5.82 Å². The Bertz CT molecular complexity index is 536. The molecular formula is C12H17N5. The second-order valence-electron chi connectivity index (χ2n) is 5.19. The van der Waals surface area contributed by atoms with E-state index in [9.17, 15) is 0 Å². The molecule has 2 N–H and O–H groups in total. The number of hydrogen-bond donors (Lipinski definition) is 1. The Morgan fingerprint density at radius 2 is 1.94 bits per heavy atom. The highest BCUT2D eigenvalue weighted by molar-refractivity contribution is 5.38. The van der Waals surface area contributed by atoms with Crippen LogP contribution < -0.4 is 5.73 Å². The van der Waals surface area contributed by atoms with Crippen LogP contribution >= 0.6 is 0 Å². The van der Waals surface area contributed by atoms with Crippen LogP contribution in [0, 0.1) is 6.92 Å². The molecule has 0 fully saturated rings. The summed E-state index contributed by atoms with van der Waals surface area (Å²) in [7, 11) is 0. The average Bonchev–Trinajstić information content (AvgIpc) is 2.62. The molecule has 2 aromatic heterocycles. The van der Waals surface area contributed by atoms with Crippen molar-refractivity contribution in [2.24, 2.45) is 0 Å². The number of hydrogen-bond acceptors (Lipinski definition) is 4. The molecule has 0 aliphatic rings. The van der Waals surface area contributed by atoms with Gasteiger partial charge in [-0.2, -0.15) is 5.10 Å². The number of nitrogens with zero attached hydrogens (tertiary/aromatic N) is 4. The fraction of sp³-hybridized carbons (Fsp3) is 0.417. The molecule has 2 aromatic rings. The third-order valence-electron chi connectivity index (χ3n) is 2.35. The first-order chi connectivity index (χ1) is 7.86. The topological polar surface area (TPSA) is 69.6 Å². The van der Waals surface area contributed by atoms with E-state index in [0.717, 1.165) is 11.4 Å². The van der Waals surface area contributed by atoms with Gasteiger partial charge in [0.05, 0.1) is 6.20 Å². The van der Waals surface area contributed by atoms with Crippen molar-refractivity contribution in [3.05, 3.63) is 29.8 Å². The maximum Gasteiger partial charge on any atom is 0.159 e. The van der Waals surface area contributed by atoms with Gasteiger partial charge in [-0.05, 0) is 12.5 Å². The largest absolute Gasteiger partial charge is 0.384 e. The van der Waals surface area contributed by atoms with Gasteiger partial charge in [-0.1, -0.05) is 20.8 Å². The highest BCUT2D eigenvalue weighted by Crippen LogP contribution is 2.20. The number of nitrogens with two attached hydrogens (primary N) is 1. The molecule has 0 amide bonds. The van der Waals surface area contributed by atoms with E-state index in [0.29, 0.717) is 11.6 Å². The predicted molar refractivity (Wildman–Crippen MR) is 67.0 cm³/mol. The lowest BCUT2D eigenvalue weighted by molar-refractivity contribution is 0.543. The number of aryl methyl sites for hydroxylation is 1. The van der Waals surface area contributed by atoms with Gasteiger partial charge < -0.3 is 5.73 Å². The first-order valence-corrected chi connectivity index (χ1v) is 5.53. The van der Waals surface area contributed by atoms with Gasteiger partial charge in [0, 0.05) is 17.7 Å². The van der Waals surface area contributed by atoms with E-state index < -0.39 is 0 Å². The summed E-state index contributed by atoms with van der Waals surface area (Å²) in [5, 5.41) is 4.22. The summed E-state index contributed by atoms with van der Waals surface area (Å²) in [6.07, 6.45) is 3.70. The normalized spacial score (nSPS) is 11.8. The molecule has 2 heterocycles. The number of anilines is 1. The Morgan fingerprint density at radius 3 is 2.47 bits per heavy atom. The van der Waals surface area contributed by atoms with Crippen LogP contribution in [-0.4, -0.2) is 19.7 Å². The van der Waals surface area contributed by atoms with Gasteiger partial charge in [0.15, 0.2) is 5.82 Å². The Morgan fingerprint density at radius 1 is 1.24 bits per heavy atom. The summed E-state index contributed by atoms with van der Waals surface area (Å²) in [5.74, 6) is 1.89. The standard InChI is InChI=1S/C12H17N5/c1-8-6-14-17(7-8)10-5-9(13)15-11(16-10)12(2,3)4/h5-7H,1-4H3,(H2,13,15,16). The van der Waals surface area contributed by atoms with Crippen molar-refractivity contribution in [2.45, 2.75) is 33.1 Å². The van der Waals surface area contributed by atoms with Crippen molar-refractivity contribution in [3.8, 4) is 5.82 Å². The van der Waals surface area contributed by atoms with Crippen molar-refractivity contribution in [1.82, 2.24) is 19.7 Å². The molecule has 0 saturated carbocycles. The third kappa shape index (κ3) is 2.43. The first-order valence-electron chi connectivity index (χ1n) is 5.53. The monoisotopic (exact) mass is 231 g/mol. The zero-order chi connectivity index (χ0) is 12.6. The van der Waals surface area contributed by atoms with Crippen molar-refractivity contribution in [1.29, 1.82) is 0 Å². The molecule has 0 aliphatic heterocycles. The summed E-state index contributed by atoms with van der Waals surface area (Å²) in [6, 6.07) is 1.72. The Labute approximate surface area is 101 Å². The van der Waals surface area contributed by atoms with Crippen LogP contribution in [-0.2, 0) is 5.41 Å². The van der Waals surface area contributed by atoms with Crippen LogP contribution in [0.3, 0.4) is 0 Å². The Balaban J connectivity index is 2.52. The van der Waals surface area contributed by atoms with E-state index in [-0.39, 0.29) is 5.41 Å². The number of nitrogen functional groups attached to an aromatic ring is 1. The molecule has 0 radical (unpaired) electrons. The minimum atomic E-state index is -0.133. The second kappa shape index (κ2) is 3.84. The molecule has 5 nitrogen and oxygen atoms in total. The SMILES string of the molecule is Cc1cnn(-c2cc(N)nc(C(C)(C)C)n2)c1. The van der Waals surface area contributed by atoms with Crippen molar-refractivity contribution >= 4 is 5.82 Å². The second-order valence-corrected chi connectivity index (χ2v) is 5.19. The fourth-order valence-electron chi connectivity index (χ4n) is 1.44. The lowest BCUT2D eigenvalue weighted by atomic mass is 9.96. The van der Waals surface area contributed by atoms with Gasteiger partial charge in [-0.25, -0.2) is 14.6 Å². The average molecular weight is 231 g/mol. The van der Waals surface area contributed by atoms with E-state index in [1.807, 2.05) is 13.1 Å². The first kappa shape index (κ1) is 11.6. The molecule has 0 unspecified atom stereocenters. The van der Waals surface area contributed by atoms with Gasteiger partial charge in [0.2, 0.25) is 0 Å². The summed E-state index contributed by atoms with van der Waals surface area (Å²) >= 11 is 0. The molecule has 5 heteroatoms. The molecule has 0 aliphatic carbocycles. The zero-order valence-electron chi connectivity index (χ0n) is 10.6. The molecule has 90 valence electrons. The van der Waals surface area contributed by atoms with E-state index in [1.54, 1.807) is 16.9 Å². The number of aromatic nitrogens is 4. The minimum absolute atomic E-state index is 0.133. The molecule has 17 heavy (non-hydrogen) atoms. The van der Waals surface area contributed by atoms with Crippen molar-refractivity contribution < 1.29 is 0 Å². The maximum absolute atomic E-state index is 5.81. The summed E-state index contributed by atoms with van der Waals surface area (Å²) < 4.78 is 1.71. The highest BCUT2D eigenvalue weighted by Gasteiger charge is 2.19. The van der Waals surface area contributed by atoms with Crippen LogP contribution in [0.4, 0.5) is 5.82 Å². The van der Waals surface area contributed by atoms with Gasteiger partial charge in [-0.15, -0.1) is 0 Å². The highest BCUT2D eigenvalue weighted by atomic mass is 15.3. The lowest BCUT2D eigenvalue weighted by Gasteiger charge is -2.17. The van der Waals surface area contributed by atoms with Gasteiger partial charge in [0.1, 0.15) is 11.6 Å². The van der Waals surface area contributed by atoms with E-state index in [2.05, 4.69) is 35.8 Å². The summed E-state index contributed by atoms with van der Waals surface area (Å²) in [4.78, 5) is 8.76. The molecule has 0 aromatic carbocycles. The van der Waals surface area contributed by atoms with E-state index in [1.165, 1.54) is 0 Å².